The van der Waals surface area contributed by atoms with E-state index in [1.165, 1.54) is 11.8 Å². The molecule has 2 N–H and O–H groups in total. The number of rotatable bonds is 4. The number of anilines is 1. The first-order valence-corrected chi connectivity index (χ1v) is 10.7. The second-order valence-electron chi connectivity index (χ2n) is 7.11. The standard InChI is InChI=1S/C21H23N5O3S/c1-5-29-16-9-14(6-7-15(16)27)19-18-13(4)25-26(20(18)24-17(28)10-30-19)21-22-11(2)8-12(3)23-21/h6-9,19,27H,5,10H2,1-4H3,(H,24,28). The third kappa shape index (κ3) is 3.72. The fourth-order valence-electron chi connectivity index (χ4n) is 3.56. The van der Waals surface area contributed by atoms with Gasteiger partial charge < -0.3 is 15.2 Å². The van der Waals surface area contributed by atoms with E-state index in [0.717, 1.165) is 28.2 Å². The molecular formula is C21H23N5O3S. The number of fused-ring (bicyclic) bond motifs is 1. The number of ether oxygens (including phenoxy) is 1. The molecule has 1 atom stereocenters. The van der Waals surface area contributed by atoms with Gasteiger partial charge in [-0.2, -0.15) is 9.78 Å². The molecule has 1 aliphatic heterocycles. The molecule has 156 valence electrons. The van der Waals surface area contributed by atoms with Gasteiger partial charge in [-0.25, -0.2) is 9.97 Å². The van der Waals surface area contributed by atoms with Gasteiger partial charge in [-0.1, -0.05) is 6.07 Å². The van der Waals surface area contributed by atoms with Crippen molar-refractivity contribution in [2.45, 2.75) is 32.9 Å². The van der Waals surface area contributed by atoms with Crippen LogP contribution in [-0.2, 0) is 4.79 Å². The van der Waals surface area contributed by atoms with Gasteiger partial charge in [0.25, 0.3) is 5.95 Å². The maximum atomic E-state index is 12.5. The largest absolute Gasteiger partial charge is 0.504 e. The summed E-state index contributed by atoms with van der Waals surface area (Å²) >= 11 is 1.51. The fraction of sp³-hybridized carbons (Fsp3) is 0.333. The molecule has 9 heteroatoms. The van der Waals surface area contributed by atoms with E-state index in [9.17, 15) is 9.90 Å². The summed E-state index contributed by atoms with van der Waals surface area (Å²) in [5, 5.41) is 17.6. The number of benzene rings is 1. The quantitative estimate of drug-likeness (QED) is 0.660. The minimum Gasteiger partial charge on any atom is -0.504 e. The van der Waals surface area contributed by atoms with Crippen LogP contribution in [0.15, 0.2) is 24.3 Å². The average Bonchev–Trinajstić information content (AvgIpc) is 2.89. The van der Waals surface area contributed by atoms with Gasteiger partial charge in [-0.15, -0.1) is 11.8 Å². The fourth-order valence-corrected chi connectivity index (χ4v) is 4.74. The van der Waals surface area contributed by atoms with Crippen LogP contribution in [-0.4, -0.2) is 43.1 Å². The molecule has 1 aromatic carbocycles. The number of nitrogens with zero attached hydrogens (tertiary/aromatic N) is 4. The van der Waals surface area contributed by atoms with Crippen molar-refractivity contribution in [3.8, 4) is 17.4 Å². The van der Waals surface area contributed by atoms with E-state index < -0.39 is 0 Å². The average molecular weight is 426 g/mol. The Morgan fingerprint density at radius 1 is 1.23 bits per heavy atom. The zero-order chi connectivity index (χ0) is 21.4. The van der Waals surface area contributed by atoms with Crippen molar-refractivity contribution >= 4 is 23.5 Å². The van der Waals surface area contributed by atoms with Gasteiger partial charge in [0.2, 0.25) is 5.91 Å². The molecule has 8 nitrogen and oxygen atoms in total. The number of nitrogens with one attached hydrogen (secondary N) is 1. The minimum absolute atomic E-state index is 0.0877. The molecule has 0 radical (unpaired) electrons. The SMILES string of the molecule is CCOc1cc(C2SCC(=O)Nc3c2c(C)nn3-c2nc(C)cc(C)n2)ccc1O. The van der Waals surface area contributed by atoms with Gasteiger partial charge in [-0.05, 0) is 51.5 Å². The highest BCUT2D eigenvalue weighted by Crippen LogP contribution is 2.45. The number of hydrogen-bond donors (Lipinski definition) is 2. The van der Waals surface area contributed by atoms with Crippen molar-refractivity contribution in [1.29, 1.82) is 0 Å². The van der Waals surface area contributed by atoms with E-state index in [1.54, 1.807) is 10.7 Å². The molecule has 0 spiro atoms. The van der Waals surface area contributed by atoms with E-state index in [-0.39, 0.29) is 22.7 Å². The first-order valence-electron chi connectivity index (χ1n) is 9.66. The number of aromatic nitrogens is 4. The highest BCUT2D eigenvalue weighted by atomic mass is 32.2. The molecule has 4 rings (SSSR count). The van der Waals surface area contributed by atoms with Crippen LogP contribution in [0.4, 0.5) is 5.82 Å². The highest BCUT2D eigenvalue weighted by molar-refractivity contribution is 8.00. The Balaban J connectivity index is 1.87. The third-order valence-electron chi connectivity index (χ3n) is 4.75. The van der Waals surface area contributed by atoms with E-state index in [2.05, 4.69) is 20.4 Å². The maximum absolute atomic E-state index is 12.5. The van der Waals surface area contributed by atoms with E-state index >= 15 is 0 Å². The summed E-state index contributed by atoms with van der Waals surface area (Å²) in [6, 6.07) is 7.17. The smallest absolute Gasteiger partial charge is 0.252 e. The summed E-state index contributed by atoms with van der Waals surface area (Å²) in [6.07, 6.45) is 0. The number of aryl methyl sites for hydroxylation is 3. The van der Waals surface area contributed by atoms with Crippen molar-refractivity contribution in [1.82, 2.24) is 19.7 Å². The van der Waals surface area contributed by atoms with Crippen LogP contribution in [0.3, 0.4) is 0 Å². The Kier molecular flexibility index (Phi) is 5.38. The third-order valence-corrected chi connectivity index (χ3v) is 6.02. The molecule has 0 aliphatic carbocycles. The number of carbonyl (C=O) groups excluding carboxylic acids is 1. The zero-order valence-corrected chi connectivity index (χ0v) is 18.1. The number of hydrogen-bond acceptors (Lipinski definition) is 7. The van der Waals surface area contributed by atoms with Crippen molar-refractivity contribution in [3.63, 3.8) is 0 Å². The first-order chi connectivity index (χ1) is 14.4. The Labute approximate surface area is 178 Å². The van der Waals surface area contributed by atoms with Crippen LogP contribution in [0.5, 0.6) is 11.5 Å². The van der Waals surface area contributed by atoms with E-state index in [4.69, 9.17) is 4.74 Å². The number of carbonyl (C=O) groups is 1. The summed E-state index contributed by atoms with van der Waals surface area (Å²) < 4.78 is 7.16. The second kappa shape index (κ2) is 7.98. The zero-order valence-electron chi connectivity index (χ0n) is 17.3. The van der Waals surface area contributed by atoms with E-state index in [0.29, 0.717) is 24.1 Å². The Morgan fingerprint density at radius 2 is 1.97 bits per heavy atom. The lowest BCUT2D eigenvalue weighted by Crippen LogP contribution is -2.17. The minimum atomic E-state index is -0.168. The number of phenols is 1. The van der Waals surface area contributed by atoms with Gasteiger partial charge >= 0.3 is 0 Å². The first kappa shape index (κ1) is 20.2. The van der Waals surface area contributed by atoms with Gasteiger partial charge in [0, 0.05) is 17.0 Å². The number of amides is 1. The lowest BCUT2D eigenvalue weighted by atomic mass is 10.0. The van der Waals surface area contributed by atoms with Gasteiger partial charge in [0.05, 0.1) is 23.3 Å². The number of thioether (sulfide) groups is 1. The van der Waals surface area contributed by atoms with Crippen LogP contribution in [0, 0.1) is 20.8 Å². The Bertz CT molecular complexity index is 1110. The Hall–Kier alpha value is -3.07. The van der Waals surface area contributed by atoms with Gasteiger partial charge in [0.15, 0.2) is 11.5 Å². The molecule has 1 unspecified atom stereocenters. The lowest BCUT2D eigenvalue weighted by molar-refractivity contribution is -0.113. The topological polar surface area (TPSA) is 102 Å². The molecule has 3 heterocycles. The van der Waals surface area contributed by atoms with Gasteiger partial charge in [-0.3, -0.25) is 4.79 Å². The molecule has 0 fully saturated rings. The monoisotopic (exact) mass is 425 g/mol. The molecule has 30 heavy (non-hydrogen) atoms. The molecule has 0 saturated heterocycles. The van der Waals surface area contributed by atoms with Crippen molar-refractivity contribution in [2.24, 2.45) is 0 Å². The molecule has 3 aromatic rings. The molecule has 0 bridgehead atoms. The maximum Gasteiger partial charge on any atom is 0.252 e. The van der Waals surface area contributed by atoms with Crippen molar-refractivity contribution < 1.29 is 14.6 Å². The molecular weight excluding hydrogens is 402 g/mol. The summed E-state index contributed by atoms with van der Waals surface area (Å²) in [5.41, 5.74) is 4.23. The van der Waals surface area contributed by atoms with Gasteiger partial charge in [0.1, 0.15) is 5.82 Å². The van der Waals surface area contributed by atoms with Crippen LogP contribution in [0.1, 0.15) is 40.4 Å². The molecule has 0 saturated carbocycles. The lowest BCUT2D eigenvalue weighted by Gasteiger charge is -2.17. The second-order valence-corrected chi connectivity index (χ2v) is 8.20. The summed E-state index contributed by atoms with van der Waals surface area (Å²) in [4.78, 5) is 21.5. The normalized spacial score (nSPS) is 16.0. The number of aromatic hydroxyl groups is 1. The van der Waals surface area contributed by atoms with Crippen molar-refractivity contribution in [2.75, 3.05) is 17.7 Å². The summed E-state index contributed by atoms with van der Waals surface area (Å²) in [7, 11) is 0. The molecule has 1 amide bonds. The van der Waals surface area contributed by atoms with Crippen LogP contribution >= 0.6 is 11.8 Å². The summed E-state index contributed by atoms with van der Waals surface area (Å²) in [6.45, 7) is 8.02. The van der Waals surface area contributed by atoms with Crippen LogP contribution < -0.4 is 10.1 Å². The van der Waals surface area contributed by atoms with Crippen LogP contribution in [0.2, 0.25) is 0 Å². The van der Waals surface area contributed by atoms with Crippen molar-refractivity contribution in [3.05, 3.63) is 52.5 Å². The predicted molar refractivity (Wildman–Crippen MR) is 116 cm³/mol. The van der Waals surface area contributed by atoms with Crippen LogP contribution in [0.25, 0.3) is 5.95 Å². The molecule has 1 aliphatic rings. The van der Waals surface area contributed by atoms with E-state index in [1.807, 2.05) is 45.9 Å². The highest BCUT2D eigenvalue weighted by Gasteiger charge is 2.31. The number of phenolic OH excluding ortho intramolecular Hbond substituents is 1. The Morgan fingerprint density at radius 3 is 2.67 bits per heavy atom. The predicted octanol–water partition coefficient (Wildman–Crippen LogP) is 3.47. The summed E-state index contributed by atoms with van der Waals surface area (Å²) in [5.74, 6) is 1.68. The molecule has 2 aromatic heterocycles.